The van der Waals surface area contributed by atoms with Crippen LogP contribution in [-0.4, -0.2) is 19.8 Å². The summed E-state index contributed by atoms with van der Waals surface area (Å²) >= 11 is 1.76. The van der Waals surface area contributed by atoms with E-state index in [1.54, 1.807) is 11.3 Å². The van der Waals surface area contributed by atoms with Gasteiger partial charge < -0.3 is 14.8 Å². The van der Waals surface area contributed by atoms with Gasteiger partial charge in [0.2, 0.25) is 0 Å². The molecule has 2 rings (SSSR count). The molecule has 1 heterocycles. The van der Waals surface area contributed by atoms with Gasteiger partial charge in [-0.3, -0.25) is 0 Å². The SMILES string of the molecule is CCOc1cccc(OCCNCc2cccs2)c1. The number of thiophene rings is 1. The van der Waals surface area contributed by atoms with Crippen molar-refractivity contribution in [3.63, 3.8) is 0 Å². The highest BCUT2D eigenvalue weighted by Crippen LogP contribution is 2.19. The van der Waals surface area contributed by atoms with Crippen LogP contribution in [0.2, 0.25) is 0 Å². The van der Waals surface area contributed by atoms with Crippen molar-refractivity contribution in [2.24, 2.45) is 0 Å². The zero-order chi connectivity index (χ0) is 13.3. The zero-order valence-electron chi connectivity index (χ0n) is 11.1. The van der Waals surface area contributed by atoms with Gasteiger partial charge in [-0.15, -0.1) is 11.3 Å². The Morgan fingerprint density at radius 1 is 1.11 bits per heavy atom. The molecule has 4 heteroatoms. The molecule has 0 spiro atoms. The van der Waals surface area contributed by atoms with Crippen molar-refractivity contribution < 1.29 is 9.47 Å². The summed E-state index contributed by atoms with van der Waals surface area (Å²) in [6, 6.07) is 11.9. The lowest BCUT2D eigenvalue weighted by Crippen LogP contribution is -2.20. The van der Waals surface area contributed by atoms with Gasteiger partial charge >= 0.3 is 0 Å². The minimum absolute atomic E-state index is 0.654. The number of hydrogen-bond donors (Lipinski definition) is 1. The minimum Gasteiger partial charge on any atom is -0.494 e. The van der Waals surface area contributed by atoms with Crippen LogP contribution in [0, 0.1) is 0 Å². The summed E-state index contributed by atoms with van der Waals surface area (Å²) in [6.45, 7) is 5.03. The third-order valence-corrected chi connectivity index (χ3v) is 3.42. The van der Waals surface area contributed by atoms with Crippen LogP contribution < -0.4 is 14.8 Å². The maximum Gasteiger partial charge on any atom is 0.123 e. The number of hydrogen-bond acceptors (Lipinski definition) is 4. The Balaban J connectivity index is 1.66. The molecule has 102 valence electrons. The van der Waals surface area contributed by atoms with Gasteiger partial charge in [0.25, 0.3) is 0 Å². The van der Waals surface area contributed by atoms with Gasteiger partial charge in [0.1, 0.15) is 18.1 Å². The molecule has 0 unspecified atom stereocenters. The molecule has 0 amide bonds. The maximum atomic E-state index is 5.67. The highest BCUT2D eigenvalue weighted by atomic mass is 32.1. The molecule has 19 heavy (non-hydrogen) atoms. The fourth-order valence-electron chi connectivity index (χ4n) is 1.69. The summed E-state index contributed by atoms with van der Waals surface area (Å²) < 4.78 is 11.1. The van der Waals surface area contributed by atoms with E-state index < -0.39 is 0 Å². The second kappa shape index (κ2) is 7.81. The van der Waals surface area contributed by atoms with Gasteiger partial charge in [-0.2, -0.15) is 0 Å². The predicted octanol–water partition coefficient (Wildman–Crippen LogP) is 3.32. The minimum atomic E-state index is 0.654. The molecule has 1 aromatic heterocycles. The first-order valence-corrected chi connectivity index (χ1v) is 7.35. The molecule has 0 radical (unpaired) electrons. The van der Waals surface area contributed by atoms with E-state index in [0.29, 0.717) is 13.2 Å². The van der Waals surface area contributed by atoms with Gasteiger partial charge in [-0.1, -0.05) is 12.1 Å². The van der Waals surface area contributed by atoms with Crippen LogP contribution in [0.5, 0.6) is 11.5 Å². The number of ether oxygens (including phenoxy) is 2. The highest BCUT2D eigenvalue weighted by Gasteiger charge is 1.97. The van der Waals surface area contributed by atoms with E-state index >= 15 is 0 Å². The summed E-state index contributed by atoms with van der Waals surface area (Å²) in [5.41, 5.74) is 0. The van der Waals surface area contributed by atoms with Gasteiger partial charge in [0.05, 0.1) is 6.61 Å². The highest BCUT2D eigenvalue weighted by molar-refractivity contribution is 7.09. The van der Waals surface area contributed by atoms with E-state index in [0.717, 1.165) is 24.6 Å². The summed E-state index contributed by atoms with van der Waals surface area (Å²) in [5, 5.41) is 5.44. The molecule has 3 nitrogen and oxygen atoms in total. The number of benzene rings is 1. The predicted molar refractivity (Wildman–Crippen MR) is 79.1 cm³/mol. The molecule has 0 bridgehead atoms. The summed E-state index contributed by atoms with van der Waals surface area (Å²) in [6.07, 6.45) is 0. The number of nitrogens with one attached hydrogen (secondary N) is 1. The molecular formula is C15H19NO2S. The van der Waals surface area contributed by atoms with Gasteiger partial charge in [0.15, 0.2) is 0 Å². The lowest BCUT2D eigenvalue weighted by molar-refractivity contribution is 0.306. The Morgan fingerprint density at radius 3 is 2.68 bits per heavy atom. The summed E-state index contributed by atoms with van der Waals surface area (Å²) in [4.78, 5) is 1.35. The Bertz CT molecular complexity index is 471. The molecule has 0 aliphatic rings. The van der Waals surface area contributed by atoms with Crippen LogP contribution in [-0.2, 0) is 6.54 Å². The van der Waals surface area contributed by atoms with Crippen LogP contribution in [0.3, 0.4) is 0 Å². The van der Waals surface area contributed by atoms with Crippen molar-refractivity contribution in [3.05, 3.63) is 46.7 Å². The lowest BCUT2D eigenvalue weighted by Gasteiger charge is -2.09. The van der Waals surface area contributed by atoms with E-state index in [4.69, 9.17) is 9.47 Å². The molecule has 0 fully saturated rings. The fraction of sp³-hybridized carbons (Fsp3) is 0.333. The van der Waals surface area contributed by atoms with E-state index in [-0.39, 0.29) is 0 Å². The van der Waals surface area contributed by atoms with E-state index in [1.165, 1.54) is 4.88 Å². The molecule has 2 aromatic rings. The zero-order valence-corrected chi connectivity index (χ0v) is 11.9. The van der Waals surface area contributed by atoms with Gasteiger partial charge in [-0.05, 0) is 30.5 Å². The first-order chi connectivity index (χ1) is 9.38. The Labute approximate surface area is 118 Å². The van der Waals surface area contributed by atoms with Gasteiger partial charge in [-0.25, -0.2) is 0 Å². The Kier molecular flexibility index (Phi) is 5.72. The standard InChI is InChI=1S/C15H19NO2S/c1-2-17-13-5-3-6-14(11-13)18-9-8-16-12-15-7-4-10-19-15/h3-7,10-11,16H,2,8-9,12H2,1H3. The fourth-order valence-corrected chi connectivity index (χ4v) is 2.36. The monoisotopic (exact) mass is 277 g/mol. The van der Waals surface area contributed by atoms with Crippen LogP contribution in [0.1, 0.15) is 11.8 Å². The third kappa shape index (κ3) is 4.93. The molecule has 0 saturated heterocycles. The molecule has 0 aliphatic carbocycles. The quantitative estimate of drug-likeness (QED) is 0.751. The second-order valence-electron chi connectivity index (χ2n) is 4.01. The molecular weight excluding hydrogens is 258 g/mol. The average Bonchev–Trinajstić information content (AvgIpc) is 2.92. The topological polar surface area (TPSA) is 30.5 Å². The first kappa shape index (κ1) is 13.9. The van der Waals surface area contributed by atoms with Crippen LogP contribution in [0.15, 0.2) is 41.8 Å². The van der Waals surface area contributed by atoms with E-state index in [2.05, 4.69) is 22.8 Å². The van der Waals surface area contributed by atoms with Crippen molar-refractivity contribution in [3.8, 4) is 11.5 Å². The van der Waals surface area contributed by atoms with Crippen LogP contribution in [0.4, 0.5) is 0 Å². The second-order valence-corrected chi connectivity index (χ2v) is 5.04. The third-order valence-electron chi connectivity index (χ3n) is 2.54. The van der Waals surface area contributed by atoms with Crippen molar-refractivity contribution >= 4 is 11.3 Å². The van der Waals surface area contributed by atoms with Crippen molar-refractivity contribution in [1.82, 2.24) is 5.32 Å². The average molecular weight is 277 g/mol. The van der Waals surface area contributed by atoms with Crippen LogP contribution >= 0.6 is 11.3 Å². The Hall–Kier alpha value is -1.52. The summed E-state index contributed by atoms with van der Waals surface area (Å²) in [5.74, 6) is 1.70. The number of rotatable bonds is 8. The van der Waals surface area contributed by atoms with Crippen LogP contribution in [0.25, 0.3) is 0 Å². The van der Waals surface area contributed by atoms with Crippen molar-refractivity contribution in [1.29, 1.82) is 0 Å². The van der Waals surface area contributed by atoms with E-state index in [9.17, 15) is 0 Å². The smallest absolute Gasteiger partial charge is 0.123 e. The molecule has 1 aromatic carbocycles. The first-order valence-electron chi connectivity index (χ1n) is 6.47. The molecule has 0 atom stereocenters. The Morgan fingerprint density at radius 2 is 1.95 bits per heavy atom. The summed E-state index contributed by atoms with van der Waals surface area (Å²) in [7, 11) is 0. The van der Waals surface area contributed by atoms with Crippen molar-refractivity contribution in [2.45, 2.75) is 13.5 Å². The maximum absolute atomic E-state index is 5.67. The van der Waals surface area contributed by atoms with Crippen molar-refractivity contribution in [2.75, 3.05) is 19.8 Å². The normalized spacial score (nSPS) is 10.4. The lowest BCUT2D eigenvalue weighted by atomic mass is 10.3. The van der Waals surface area contributed by atoms with Gasteiger partial charge in [0, 0.05) is 24.0 Å². The molecule has 0 saturated carbocycles. The largest absolute Gasteiger partial charge is 0.494 e. The molecule has 0 aliphatic heterocycles. The molecule has 1 N–H and O–H groups in total. The van der Waals surface area contributed by atoms with E-state index in [1.807, 2.05) is 31.2 Å².